The molecule has 0 spiro atoms. The Morgan fingerprint density at radius 2 is 1.96 bits per heavy atom. The number of ether oxygens (including phenoxy) is 2. The second kappa shape index (κ2) is 7.28. The molecule has 1 unspecified atom stereocenters. The highest BCUT2D eigenvalue weighted by molar-refractivity contribution is 6.32. The highest BCUT2D eigenvalue weighted by atomic mass is 35.5. The van der Waals surface area contributed by atoms with Gasteiger partial charge in [0.1, 0.15) is 19.0 Å². The van der Waals surface area contributed by atoms with Crippen LogP contribution in [0, 0.1) is 0 Å². The monoisotopic (exact) mass is 402 g/mol. The Morgan fingerprint density at radius 3 is 2.89 bits per heavy atom. The molecule has 8 heteroatoms. The predicted octanol–water partition coefficient (Wildman–Crippen LogP) is 3.41. The Morgan fingerprint density at radius 1 is 1.07 bits per heavy atom. The molecule has 1 saturated heterocycles. The smallest absolute Gasteiger partial charge is 0.254 e. The summed E-state index contributed by atoms with van der Waals surface area (Å²) in [7, 11) is 0. The lowest BCUT2D eigenvalue weighted by atomic mass is 10.1. The van der Waals surface area contributed by atoms with Crippen molar-refractivity contribution in [1.82, 2.24) is 19.7 Å². The number of carbonyl (C=O) groups excluding carboxylic acids is 1. The molecule has 2 aromatic rings. The molecule has 3 aliphatic heterocycles. The van der Waals surface area contributed by atoms with Crippen molar-refractivity contribution >= 4 is 17.5 Å². The summed E-state index contributed by atoms with van der Waals surface area (Å²) in [6.07, 6.45) is 6.33. The van der Waals surface area contributed by atoms with E-state index >= 15 is 0 Å². The summed E-state index contributed by atoms with van der Waals surface area (Å²) in [6.45, 7) is 2.56. The van der Waals surface area contributed by atoms with Gasteiger partial charge in [0.05, 0.1) is 11.1 Å². The molecule has 1 atom stereocenters. The van der Waals surface area contributed by atoms with Crippen LogP contribution in [0.15, 0.2) is 12.1 Å². The normalized spacial score (nSPS) is 21.3. The van der Waals surface area contributed by atoms with Crippen molar-refractivity contribution in [2.75, 3.05) is 19.8 Å². The van der Waals surface area contributed by atoms with E-state index in [-0.39, 0.29) is 11.9 Å². The summed E-state index contributed by atoms with van der Waals surface area (Å²) in [6, 6.07) is 3.37. The molecule has 0 radical (unpaired) electrons. The number of aromatic nitrogens is 3. The highest BCUT2D eigenvalue weighted by Crippen LogP contribution is 2.40. The van der Waals surface area contributed by atoms with Gasteiger partial charge >= 0.3 is 0 Å². The van der Waals surface area contributed by atoms with Crippen LogP contribution in [0.4, 0.5) is 0 Å². The first kappa shape index (κ1) is 17.8. The Bertz CT molecular complexity index is 913. The number of hydrogen-bond acceptors (Lipinski definition) is 5. The fourth-order valence-corrected chi connectivity index (χ4v) is 4.70. The van der Waals surface area contributed by atoms with Gasteiger partial charge in [-0.1, -0.05) is 18.0 Å². The molecule has 1 amide bonds. The Hall–Kier alpha value is -2.28. The maximum atomic E-state index is 13.3. The number of rotatable bonds is 2. The zero-order chi connectivity index (χ0) is 19.1. The molecule has 3 aliphatic rings. The van der Waals surface area contributed by atoms with E-state index in [2.05, 4.69) is 14.8 Å². The van der Waals surface area contributed by atoms with Crippen molar-refractivity contribution in [1.29, 1.82) is 0 Å². The van der Waals surface area contributed by atoms with Crippen molar-refractivity contribution in [3.05, 3.63) is 34.4 Å². The van der Waals surface area contributed by atoms with Crippen molar-refractivity contribution < 1.29 is 14.3 Å². The Balaban J connectivity index is 1.45. The average molecular weight is 403 g/mol. The van der Waals surface area contributed by atoms with Crippen LogP contribution in [0.1, 0.15) is 60.2 Å². The van der Waals surface area contributed by atoms with Crippen LogP contribution in [0.5, 0.6) is 11.5 Å². The van der Waals surface area contributed by atoms with E-state index in [1.165, 1.54) is 6.42 Å². The van der Waals surface area contributed by atoms with E-state index in [0.717, 1.165) is 50.3 Å². The number of carbonyl (C=O) groups is 1. The lowest BCUT2D eigenvalue weighted by Crippen LogP contribution is -2.32. The predicted molar refractivity (Wildman–Crippen MR) is 103 cm³/mol. The topological polar surface area (TPSA) is 69.5 Å². The third-order valence-electron chi connectivity index (χ3n) is 5.79. The molecular formula is C20H23ClN4O3. The van der Waals surface area contributed by atoms with Crippen LogP contribution in [0.3, 0.4) is 0 Å². The van der Waals surface area contributed by atoms with E-state index in [1.54, 1.807) is 12.1 Å². The lowest BCUT2D eigenvalue weighted by molar-refractivity contribution is 0.0726. The lowest BCUT2D eigenvalue weighted by Gasteiger charge is -2.26. The standard InChI is InChI=1S/C20H23ClN4O3/c21-14-11-13(12-16-18(14)28-10-9-27-16)20(26)24-8-4-5-15(24)19-23-22-17-6-2-1-3-7-25(17)19/h11-12,15H,1-10H2. The number of nitrogens with zero attached hydrogens (tertiary/aromatic N) is 4. The Kier molecular flexibility index (Phi) is 4.62. The summed E-state index contributed by atoms with van der Waals surface area (Å²) < 4.78 is 13.4. The van der Waals surface area contributed by atoms with E-state index in [0.29, 0.717) is 41.8 Å². The van der Waals surface area contributed by atoms with Gasteiger partial charge in [-0.3, -0.25) is 4.79 Å². The van der Waals surface area contributed by atoms with E-state index in [4.69, 9.17) is 21.1 Å². The zero-order valence-corrected chi connectivity index (χ0v) is 16.5. The van der Waals surface area contributed by atoms with Crippen LogP contribution in [0.2, 0.25) is 5.02 Å². The number of fused-ring (bicyclic) bond motifs is 2. The summed E-state index contributed by atoms with van der Waals surface area (Å²) in [4.78, 5) is 15.2. The number of hydrogen-bond donors (Lipinski definition) is 0. The minimum absolute atomic E-state index is 0.0428. The molecule has 0 N–H and O–H groups in total. The highest BCUT2D eigenvalue weighted by Gasteiger charge is 2.35. The molecule has 148 valence electrons. The molecule has 1 aromatic carbocycles. The quantitative estimate of drug-likeness (QED) is 0.769. The van der Waals surface area contributed by atoms with Gasteiger partial charge in [0.15, 0.2) is 17.3 Å². The SMILES string of the molecule is O=C(c1cc(Cl)c2c(c1)OCCO2)N1CCCC1c1nnc2n1CCCCC2. The van der Waals surface area contributed by atoms with Gasteiger partial charge in [0.2, 0.25) is 0 Å². The van der Waals surface area contributed by atoms with E-state index < -0.39 is 0 Å². The second-order valence-corrected chi connectivity index (χ2v) is 7.98. The largest absolute Gasteiger partial charge is 0.486 e. The number of benzene rings is 1. The first-order valence-corrected chi connectivity index (χ1v) is 10.4. The van der Waals surface area contributed by atoms with Gasteiger partial charge in [-0.15, -0.1) is 10.2 Å². The molecule has 1 fully saturated rings. The minimum atomic E-state index is -0.0488. The summed E-state index contributed by atoms with van der Waals surface area (Å²) in [5.41, 5.74) is 0.525. The second-order valence-electron chi connectivity index (χ2n) is 7.58. The molecule has 7 nitrogen and oxygen atoms in total. The first-order chi connectivity index (χ1) is 13.7. The third kappa shape index (κ3) is 3.02. The maximum Gasteiger partial charge on any atom is 0.254 e. The number of aryl methyl sites for hydroxylation is 1. The van der Waals surface area contributed by atoms with Gasteiger partial charge in [-0.25, -0.2) is 0 Å². The molecule has 0 saturated carbocycles. The third-order valence-corrected chi connectivity index (χ3v) is 6.07. The van der Waals surface area contributed by atoms with Gasteiger partial charge in [-0.2, -0.15) is 0 Å². The fraction of sp³-hybridized carbons (Fsp3) is 0.550. The van der Waals surface area contributed by atoms with Crippen LogP contribution in [0.25, 0.3) is 0 Å². The van der Waals surface area contributed by atoms with Crippen LogP contribution < -0.4 is 9.47 Å². The van der Waals surface area contributed by atoms with Gasteiger partial charge in [0, 0.05) is 25.1 Å². The summed E-state index contributed by atoms with van der Waals surface area (Å²) in [5.74, 6) is 2.98. The van der Waals surface area contributed by atoms with Gasteiger partial charge in [0.25, 0.3) is 5.91 Å². The zero-order valence-electron chi connectivity index (χ0n) is 15.7. The van der Waals surface area contributed by atoms with E-state index in [1.807, 2.05) is 4.90 Å². The molecule has 4 heterocycles. The van der Waals surface area contributed by atoms with Crippen molar-refractivity contribution in [2.24, 2.45) is 0 Å². The van der Waals surface area contributed by atoms with Crippen molar-refractivity contribution in [2.45, 2.75) is 51.1 Å². The van der Waals surface area contributed by atoms with Crippen molar-refractivity contribution in [3.8, 4) is 11.5 Å². The summed E-state index contributed by atoms with van der Waals surface area (Å²) >= 11 is 6.34. The van der Waals surface area contributed by atoms with Crippen LogP contribution in [-0.4, -0.2) is 45.3 Å². The minimum Gasteiger partial charge on any atom is -0.486 e. The molecule has 0 bridgehead atoms. The van der Waals surface area contributed by atoms with Crippen LogP contribution in [-0.2, 0) is 13.0 Å². The number of amides is 1. The maximum absolute atomic E-state index is 13.3. The van der Waals surface area contributed by atoms with E-state index in [9.17, 15) is 4.79 Å². The van der Waals surface area contributed by atoms with Crippen molar-refractivity contribution in [3.63, 3.8) is 0 Å². The molecule has 28 heavy (non-hydrogen) atoms. The number of halogens is 1. The first-order valence-electron chi connectivity index (χ1n) is 10.0. The molecule has 0 aliphatic carbocycles. The molecular weight excluding hydrogens is 380 g/mol. The Labute approximate surface area is 168 Å². The van der Waals surface area contributed by atoms with Crippen LogP contribution >= 0.6 is 11.6 Å². The average Bonchev–Trinajstić information content (AvgIpc) is 3.28. The fourth-order valence-electron chi connectivity index (χ4n) is 4.43. The number of likely N-dealkylation sites (tertiary alicyclic amines) is 1. The molecule has 5 rings (SSSR count). The van der Waals surface area contributed by atoms with Gasteiger partial charge < -0.3 is 18.9 Å². The van der Waals surface area contributed by atoms with Gasteiger partial charge in [-0.05, 0) is 37.8 Å². The summed E-state index contributed by atoms with van der Waals surface area (Å²) in [5, 5.41) is 9.31. The molecule has 1 aromatic heterocycles.